The van der Waals surface area contributed by atoms with Crippen molar-refractivity contribution in [2.45, 2.75) is 71.1 Å². The maximum Gasteiger partial charge on any atom is 0.328 e. The summed E-state index contributed by atoms with van der Waals surface area (Å²) in [6.07, 6.45) is 8.98. The van der Waals surface area contributed by atoms with E-state index in [-0.39, 0.29) is 41.4 Å². The zero-order valence-corrected chi connectivity index (χ0v) is 27.8. The lowest BCUT2D eigenvalue weighted by molar-refractivity contribution is -0.143. The Morgan fingerprint density at radius 3 is 2.50 bits per heavy atom. The number of nitrogens with one attached hydrogen (secondary N) is 2. The second-order valence-corrected chi connectivity index (χ2v) is 14.1. The van der Waals surface area contributed by atoms with Gasteiger partial charge in [-0.05, 0) is 42.9 Å². The number of methoxy groups -OCH3 is 1. The molecule has 0 aliphatic heterocycles. The van der Waals surface area contributed by atoms with E-state index in [1.165, 1.54) is 13.3 Å². The molecule has 0 bridgehead atoms. The summed E-state index contributed by atoms with van der Waals surface area (Å²) in [6, 6.07) is 9.21. The van der Waals surface area contributed by atoms with Crippen LogP contribution in [0.2, 0.25) is 0 Å². The molecule has 0 unspecified atom stereocenters. The van der Waals surface area contributed by atoms with Crippen molar-refractivity contribution in [1.82, 2.24) is 15.0 Å². The molecule has 2 aromatic rings. The maximum absolute atomic E-state index is 12.8. The summed E-state index contributed by atoms with van der Waals surface area (Å²) in [5.41, 5.74) is 0.275. The van der Waals surface area contributed by atoms with Crippen molar-refractivity contribution in [2.75, 3.05) is 39.3 Å². The molecule has 0 spiro atoms. The summed E-state index contributed by atoms with van der Waals surface area (Å²) < 4.78 is 54.7. The first-order valence-corrected chi connectivity index (χ1v) is 16.9. The Morgan fingerprint density at radius 2 is 1.83 bits per heavy atom. The SMILES string of the molecule is C#CCOCCOCCCS(=O)(=O)NC1CC(Oc2cccc(Oc3ccc(C(=O)N[C@@H](CCC(C)(C)C)C(=O)OC)cn3)c2)C1. The van der Waals surface area contributed by atoms with Crippen LogP contribution in [0.15, 0.2) is 42.6 Å². The van der Waals surface area contributed by atoms with Gasteiger partial charge in [-0.15, -0.1) is 6.42 Å². The minimum atomic E-state index is -3.42. The Bertz CT molecular complexity index is 1410. The van der Waals surface area contributed by atoms with E-state index >= 15 is 0 Å². The molecule has 2 N–H and O–H groups in total. The molecule has 13 heteroatoms. The molecule has 1 heterocycles. The van der Waals surface area contributed by atoms with E-state index < -0.39 is 27.9 Å². The van der Waals surface area contributed by atoms with Gasteiger partial charge in [0.1, 0.15) is 30.3 Å². The summed E-state index contributed by atoms with van der Waals surface area (Å²) in [5, 5.41) is 2.74. The number of sulfonamides is 1. The maximum atomic E-state index is 12.8. The lowest BCUT2D eigenvalue weighted by Gasteiger charge is -2.35. The molecule has 1 aliphatic carbocycles. The van der Waals surface area contributed by atoms with Crippen LogP contribution in [-0.2, 0) is 29.0 Å². The standard InChI is InChI=1S/C33H45N3O9S/c1-6-15-42-17-18-43-16-8-19-46(39,40)36-25-20-28(21-25)44-26-9-7-10-27(22-26)45-30-12-11-24(23-34-30)31(37)35-29(32(38)41-5)13-14-33(2,3)4/h1,7,9-12,22-23,25,28-29,36H,8,13-21H2,2-5H3,(H,35,37)/t25?,28?,29-/m0/s1. The van der Waals surface area contributed by atoms with Gasteiger partial charge in [-0.1, -0.05) is 32.8 Å². The highest BCUT2D eigenvalue weighted by atomic mass is 32.2. The lowest BCUT2D eigenvalue weighted by atomic mass is 9.88. The van der Waals surface area contributed by atoms with E-state index in [0.29, 0.717) is 57.0 Å². The highest BCUT2D eigenvalue weighted by molar-refractivity contribution is 7.89. The second-order valence-electron chi connectivity index (χ2n) is 12.2. The molecule has 1 atom stereocenters. The fraction of sp³-hybridized carbons (Fsp3) is 0.545. The van der Waals surface area contributed by atoms with Crippen molar-refractivity contribution in [2.24, 2.45) is 5.41 Å². The van der Waals surface area contributed by atoms with Gasteiger partial charge in [0.05, 0.1) is 31.6 Å². The van der Waals surface area contributed by atoms with E-state index in [4.69, 9.17) is 30.1 Å². The second kappa shape index (κ2) is 17.9. The van der Waals surface area contributed by atoms with Gasteiger partial charge in [0.2, 0.25) is 15.9 Å². The number of nitrogens with zero attached hydrogens (tertiary/aromatic N) is 1. The predicted octanol–water partition coefficient (Wildman–Crippen LogP) is 3.86. The number of carbonyl (C=O) groups excluding carboxylic acids is 2. The molecule has 1 aliphatic rings. The summed E-state index contributed by atoms with van der Waals surface area (Å²) in [6.45, 7) is 7.47. The first-order chi connectivity index (χ1) is 21.9. The van der Waals surface area contributed by atoms with Gasteiger partial charge in [0.15, 0.2) is 0 Å². The topological polar surface area (TPSA) is 151 Å². The summed E-state index contributed by atoms with van der Waals surface area (Å²) in [5.74, 6) is 2.73. The van der Waals surface area contributed by atoms with E-state index in [1.54, 1.807) is 36.4 Å². The smallest absolute Gasteiger partial charge is 0.328 e. The Balaban J connectivity index is 1.41. The number of hydrogen-bond donors (Lipinski definition) is 2. The van der Waals surface area contributed by atoms with Crippen molar-refractivity contribution in [3.05, 3.63) is 48.2 Å². The third kappa shape index (κ3) is 13.3. The molecule has 252 valence electrons. The largest absolute Gasteiger partial charge is 0.490 e. The molecular weight excluding hydrogens is 614 g/mol. The highest BCUT2D eigenvalue weighted by Gasteiger charge is 2.33. The Hall–Kier alpha value is -3.70. The van der Waals surface area contributed by atoms with Crippen LogP contribution in [-0.4, -0.2) is 82.8 Å². The predicted molar refractivity (Wildman–Crippen MR) is 172 cm³/mol. The molecule has 0 radical (unpaired) electrons. The first kappa shape index (κ1) is 36.8. The van der Waals surface area contributed by atoms with Gasteiger partial charge in [0.25, 0.3) is 5.91 Å². The molecule has 1 aromatic carbocycles. The summed E-state index contributed by atoms with van der Waals surface area (Å²) in [4.78, 5) is 29.2. The van der Waals surface area contributed by atoms with E-state index in [2.05, 4.69) is 41.7 Å². The Labute approximate surface area is 271 Å². The van der Waals surface area contributed by atoms with Crippen LogP contribution in [0.5, 0.6) is 17.4 Å². The van der Waals surface area contributed by atoms with Crippen LogP contribution in [0.25, 0.3) is 0 Å². The molecule has 46 heavy (non-hydrogen) atoms. The van der Waals surface area contributed by atoms with Crippen molar-refractivity contribution >= 4 is 21.9 Å². The van der Waals surface area contributed by atoms with E-state index in [0.717, 1.165) is 6.42 Å². The Morgan fingerprint density at radius 1 is 1.09 bits per heavy atom. The number of pyridine rings is 1. The molecular formula is C33H45N3O9S. The molecule has 1 aromatic heterocycles. The zero-order chi connectivity index (χ0) is 33.6. The van der Waals surface area contributed by atoms with Gasteiger partial charge in [-0.3, -0.25) is 4.79 Å². The fourth-order valence-electron chi connectivity index (χ4n) is 4.48. The van der Waals surface area contributed by atoms with Crippen LogP contribution in [0.1, 0.15) is 63.2 Å². The molecule has 0 saturated heterocycles. The Kier molecular flexibility index (Phi) is 14.3. The van der Waals surface area contributed by atoms with Crippen LogP contribution < -0.4 is 19.5 Å². The zero-order valence-electron chi connectivity index (χ0n) is 27.0. The summed E-state index contributed by atoms with van der Waals surface area (Å²) >= 11 is 0. The van der Waals surface area contributed by atoms with Crippen molar-refractivity contribution in [1.29, 1.82) is 0 Å². The minimum absolute atomic E-state index is 0.00292. The highest BCUT2D eigenvalue weighted by Crippen LogP contribution is 2.30. The number of esters is 1. The van der Waals surface area contributed by atoms with Crippen molar-refractivity contribution in [3.8, 4) is 29.7 Å². The van der Waals surface area contributed by atoms with Gasteiger partial charge in [-0.2, -0.15) is 0 Å². The van der Waals surface area contributed by atoms with Gasteiger partial charge in [0, 0.05) is 43.8 Å². The fourth-order valence-corrected chi connectivity index (χ4v) is 5.80. The van der Waals surface area contributed by atoms with Crippen LogP contribution >= 0.6 is 0 Å². The average Bonchev–Trinajstić information content (AvgIpc) is 2.99. The molecule has 12 nitrogen and oxygen atoms in total. The lowest BCUT2D eigenvalue weighted by Crippen LogP contribution is -2.49. The first-order valence-electron chi connectivity index (χ1n) is 15.3. The normalized spacial score (nSPS) is 16.8. The van der Waals surface area contributed by atoms with Crippen LogP contribution in [0.3, 0.4) is 0 Å². The van der Waals surface area contributed by atoms with Crippen LogP contribution in [0, 0.1) is 17.8 Å². The third-order valence-corrected chi connectivity index (χ3v) is 8.52. The number of aromatic nitrogens is 1. The summed E-state index contributed by atoms with van der Waals surface area (Å²) in [7, 11) is -2.13. The van der Waals surface area contributed by atoms with E-state index in [1.807, 2.05) is 0 Å². The van der Waals surface area contributed by atoms with Crippen LogP contribution in [0.4, 0.5) is 0 Å². The van der Waals surface area contributed by atoms with E-state index in [9.17, 15) is 18.0 Å². The molecule has 3 rings (SSSR count). The quantitative estimate of drug-likeness (QED) is 0.129. The molecule has 1 amide bonds. The average molecular weight is 660 g/mol. The van der Waals surface area contributed by atoms with Crippen molar-refractivity contribution < 1.29 is 41.7 Å². The minimum Gasteiger partial charge on any atom is -0.490 e. The number of benzene rings is 1. The number of rotatable bonds is 19. The number of terminal acetylenes is 1. The van der Waals surface area contributed by atoms with Gasteiger partial charge >= 0.3 is 5.97 Å². The number of amides is 1. The van der Waals surface area contributed by atoms with Crippen molar-refractivity contribution in [3.63, 3.8) is 0 Å². The van der Waals surface area contributed by atoms with Gasteiger partial charge < -0.3 is 29.0 Å². The number of ether oxygens (including phenoxy) is 5. The molecule has 1 fully saturated rings. The number of carbonyl (C=O) groups is 2. The monoisotopic (exact) mass is 659 g/mol. The number of hydrogen-bond acceptors (Lipinski definition) is 10. The van der Waals surface area contributed by atoms with Gasteiger partial charge in [-0.25, -0.2) is 22.9 Å². The third-order valence-electron chi connectivity index (χ3n) is 7.00. The molecule has 1 saturated carbocycles.